The number of halogens is 5. The molecule has 0 aliphatic carbocycles. The van der Waals surface area contributed by atoms with Gasteiger partial charge in [0.2, 0.25) is 5.67 Å². The molecular formula is C29H33F5N2O4S. The molecule has 3 heterocycles. The predicted octanol–water partition coefficient (Wildman–Crippen LogP) is 4.43. The molecule has 2 fully saturated rings. The van der Waals surface area contributed by atoms with Crippen LogP contribution in [0.2, 0.25) is 0 Å². The SMILES string of the molecule is CCN1CC2N(C(=O)C3(O)CCS(=O)(=O)CC3)CCC2(Cc2ccc(F)cc2)c2ccc(C(C)(F)C(F)(F)F)cc21. The Morgan fingerprint density at radius 3 is 2.27 bits per heavy atom. The van der Waals surface area contributed by atoms with E-state index < -0.39 is 56.0 Å². The van der Waals surface area contributed by atoms with Gasteiger partial charge in [-0.2, -0.15) is 13.2 Å². The van der Waals surface area contributed by atoms with Gasteiger partial charge < -0.3 is 14.9 Å². The zero-order chi connectivity index (χ0) is 30.0. The molecule has 2 aromatic rings. The van der Waals surface area contributed by atoms with E-state index in [0.29, 0.717) is 37.6 Å². The zero-order valence-electron chi connectivity index (χ0n) is 22.8. The molecule has 224 valence electrons. The smallest absolute Gasteiger partial charge is 0.380 e. The number of amides is 1. The molecule has 6 nitrogen and oxygen atoms in total. The van der Waals surface area contributed by atoms with Crippen LogP contribution in [0, 0.1) is 5.82 Å². The van der Waals surface area contributed by atoms with Crippen molar-refractivity contribution in [1.29, 1.82) is 0 Å². The van der Waals surface area contributed by atoms with Crippen molar-refractivity contribution in [2.24, 2.45) is 0 Å². The Hall–Kier alpha value is -2.73. The number of carbonyl (C=O) groups excluding carboxylic acids is 1. The van der Waals surface area contributed by atoms with Crippen LogP contribution in [0.25, 0.3) is 0 Å². The number of sulfone groups is 1. The summed E-state index contributed by atoms with van der Waals surface area (Å²) in [6.45, 7) is 3.10. The minimum absolute atomic E-state index is 0.212. The summed E-state index contributed by atoms with van der Waals surface area (Å²) < 4.78 is 93.6. The van der Waals surface area contributed by atoms with Gasteiger partial charge in [-0.05, 0) is 68.9 Å². The highest BCUT2D eigenvalue weighted by Gasteiger charge is 2.58. The number of rotatable bonds is 5. The van der Waals surface area contributed by atoms with E-state index >= 15 is 4.39 Å². The summed E-state index contributed by atoms with van der Waals surface area (Å²) in [5.74, 6) is -1.60. The van der Waals surface area contributed by atoms with Gasteiger partial charge in [0.1, 0.15) is 11.4 Å². The first kappa shape index (κ1) is 29.8. The number of fused-ring (bicyclic) bond motifs is 3. The summed E-state index contributed by atoms with van der Waals surface area (Å²) in [5.41, 5.74) is -4.94. The fourth-order valence-corrected chi connectivity index (χ4v) is 8.17. The maximum absolute atomic E-state index is 15.0. The Kier molecular flexibility index (Phi) is 7.21. The van der Waals surface area contributed by atoms with Gasteiger partial charge >= 0.3 is 6.18 Å². The molecule has 3 aliphatic rings. The molecule has 12 heteroatoms. The minimum atomic E-state index is -5.12. The number of hydrogen-bond acceptors (Lipinski definition) is 5. The second-order valence-electron chi connectivity index (χ2n) is 11.7. The predicted molar refractivity (Wildman–Crippen MR) is 144 cm³/mol. The summed E-state index contributed by atoms with van der Waals surface area (Å²) in [7, 11) is -3.35. The molecule has 1 amide bonds. The average Bonchev–Trinajstić information content (AvgIpc) is 3.28. The van der Waals surface area contributed by atoms with E-state index in [4.69, 9.17) is 0 Å². The number of nitrogens with zero attached hydrogens (tertiary/aromatic N) is 2. The molecule has 5 rings (SSSR count). The molecule has 0 bridgehead atoms. The normalized spacial score (nSPS) is 26.7. The van der Waals surface area contributed by atoms with Crippen LogP contribution in [0.3, 0.4) is 0 Å². The number of aliphatic hydroxyl groups is 1. The van der Waals surface area contributed by atoms with E-state index in [1.807, 2.05) is 6.92 Å². The summed E-state index contributed by atoms with van der Waals surface area (Å²) in [5, 5.41) is 11.3. The first-order chi connectivity index (χ1) is 19.0. The summed E-state index contributed by atoms with van der Waals surface area (Å²) in [4.78, 5) is 17.3. The average molecular weight is 601 g/mol. The van der Waals surface area contributed by atoms with Crippen LogP contribution in [0.5, 0.6) is 0 Å². The second kappa shape index (κ2) is 9.93. The highest BCUT2D eigenvalue weighted by Crippen LogP contribution is 2.52. The van der Waals surface area contributed by atoms with E-state index in [1.54, 1.807) is 21.9 Å². The quantitative estimate of drug-likeness (QED) is 0.514. The maximum atomic E-state index is 15.0. The van der Waals surface area contributed by atoms with Gasteiger partial charge in [-0.15, -0.1) is 0 Å². The lowest BCUT2D eigenvalue weighted by Gasteiger charge is -2.49. The van der Waals surface area contributed by atoms with Gasteiger partial charge in [-0.25, -0.2) is 17.2 Å². The van der Waals surface area contributed by atoms with Crippen LogP contribution in [0.1, 0.15) is 49.8 Å². The highest BCUT2D eigenvalue weighted by atomic mass is 32.2. The largest absolute Gasteiger partial charge is 0.426 e. The topological polar surface area (TPSA) is 77.9 Å². The van der Waals surface area contributed by atoms with E-state index in [2.05, 4.69) is 0 Å². The van der Waals surface area contributed by atoms with E-state index in [9.17, 15) is 35.9 Å². The zero-order valence-corrected chi connectivity index (χ0v) is 23.7. The first-order valence-corrected chi connectivity index (χ1v) is 15.5. The number of benzene rings is 2. The van der Waals surface area contributed by atoms with Crippen molar-refractivity contribution in [2.75, 3.05) is 36.0 Å². The Morgan fingerprint density at radius 1 is 1.05 bits per heavy atom. The number of carbonyl (C=O) groups is 1. The molecule has 3 atom stereocenters. The van der Waals surface area contributed by atoms with Crippen LogP contribution in [0.4, 0.5) is 27.6 Å². The van der Waals surface area contributed by atoms with Crippen molar-refractivity contribution in [1.82, 2.24) is 4.90 Å². The fraction of sp³-hybridized carbons (Fsp3) is 0.552. The third-order valence-electron chi connectivity index (χ3n) is 9.28. The van der Waals surface area contributed by atoms with Gasteiger partial charge in [-0.1, -0.05) is 24.3 Å². The fourth-order valence-electron chi connectivity index (χ4n) is 6.67. The molecule has 41 heavy (non-hydrogen) atoms. The van der Waals surface area contributed by atoms with Crippen LogP contribution in [-0.2, 0) is 32.1 Å². The lowest BCUT2D eigenvalue weighted by molar-refractivity contribution is -0.228. The summed E-state index contributed by atoms with van der Waals surface area (Å²) in [6.07, 6.45) is -4.84. The second-order valence-corrected chi connectivity index (χ2v) is 14.0. The van der Waals surface area contributed by atoms with Crippen molar-refractivity contribution in [3.05, 3.63) is 65.0 Å². The first-order valence-electron chi connectivity index (χ1n) is 13.7. The molecule has 3 aliphatic heterocycles. The summed E-state index contributed by atoms with van der Waals surface area (Å²) in [6, 6.07) is 9.21. The van der Waals surface area contributed by atoms with E-state index in [0.717, 1.165) is 11.6 Å². The molecule has 2 saturated heterocycles. The van der Waals surface area contributed by atoms with Gasteiger partial charge in [-0.3, -0.25) is 4.79 Å². The lowest BCUT2D eigenvalue weighted by atomic mass is 9.66. The Bertz CT molecular complexity index is 1430. The Labute approximate surface area is 236 Å². The third-order valence-corrected chi connectivity index (χ3v) is 10.9. The molecule has 0 radical (unpaired) electrons. The van der Waals surface area contributed by atoms with Crippen LogP contribution < -0.4 is 4.90 Å². The Morgan fingerprint density at radius 2 is 1.68 bits per heavy atom. The van der Waals surface area contributed by atoms with Gasteiger partial charge in [0, 0.05) is 36.3 Å². The minimum Gasteiger partial charge on any atom is -0.380 e. The Balaban J connectivity index is 1.61. The van der Waals surface area contributed by atoms with Crippen LogP contribution in [-0.4, -0.2) is 73.3 Å². The molecule has 3 unspecified atom stereocenters. The number of likely N-dealkylation sites (tertiary alicyclic amines) is 1. The number of anilines is 1. The van der Waals surface area contributed by atoms with Gasteiger partial charge in [0.25, 0.3) is 5.91 Å². The number of likely N-dealkylation sites (N-methyl/N-ethyl adjacent to an activating group) is 1. The molecule has 0 aromatic heterocycles. The van der Waals surface area contributed by atoms with Crippen LogP contribution in [0.15, 0.2) is 42.5 Å². The van der Waals surface area contributed by atoms with Crippen molar-refractivity contribution in [2.45, 2.75) is 68.4 Å². The van der Waals surface area contributed by atoms with Gasteiger partial charge in [0.15, 0.2) is 9.84 Å². The van der Waals surface area contributed by atoms with Gasteiger partial charge in [0.05, 0.1) is 17.5 Å². The number of alkyl halides is 4. The molecular weight excluding hydrogens is 567 g/mol. The number of hydrogen-bond donors (Lipinski definition) is 1. The summed E-state index contributed by atoms with van der Waals surface area (Å²) >= 11 is 0. The van der Waals surface area contributed by atoms with Crippen molar-refractivity contribution < 1.29 is 40.3 Å². The van der Waals surface area contributed by atoms with Crippen molar-refractivity contribution >= 4 is 21.4 Å². The van der Waals surface area contributed by atoms with E-state index in [-0.39, 0.29) is 37.4 Å². The van der Waals surface area contributed by atoms with Crippen LogP contribution >= 0.6 is 0 Å². The molecule has 0 saturated carbocycles. The molecule has 0 spiro atoms. The van der Waals surface area contributed by atoms with E-state index in [1.165, 1.54) is 24.3 Å². The molecule has 2 aromatic carbocycles. The standard InChI is InChI=1S/C29H33F5N2O4S/c1-3-35-18-24-27(17-19-4-7-21(30)8-5-19,22-9-6-20(16-23(22)35)26(2,31)29(32,33)34)10-13-36(24)25(37)28(38)11-14-41(39,40)15-12-28/h4-9,16,24,38H,3,10-15,17-18H2,1-2H3. The highest BCUT2D eigenvalue weighted by molar-refractivity contribution is 7.91. The van der Waals surface area contributed by atoms with Crippen molar-refractivity contribution in [3.63, 3.8) is 0 Å². The monoisotopic (exact) mass is 600 g/mol. The maximum Gasteiger partial charge on any atom is 0.426 e. The van der Waals surface area contributed by atoms with Crippen molar-refractivity contribution in [3.8, 4) is 0 Å². The third kappa shape index (κ3) is 5.00. The molecule has 1 N–H and O–H groups in total. The lowest BCUT2D eigenvalue weighted by Crippen LogP contribution is -2.61.